The van der Waals surface area contributed by atoms with Gasteiger partial charge in [-0.3, -0.25) is 4.79 Å². The molecule has 0 radical (unpaired) electrons. The van der Waals surface area contributed by atoms with Crippen molar-refractivity contribution in [2.24, 2.45) is 11.7 Å². The number of carbonyl (C=O) groups excluding carboxylic acids is 1. The van der Waals surface area contributed by atoms with Crippen LogP contribution in [-0.2, 0) is 5.75 Å². The molecular formula is C20H25ClN2OS. The number of thioether (sulfide) groups is 1. The average molecular weight is 377 g/mol. The van der Waals surface area contributed by atoms with Crippen molar-refractivity contribution in [3.63, 3.8) is 0 Å². The monoisotopic (exact) mass is 376 g/mol. The van der Waals surface area contributed by atoms with Gasteiger partial charge in [0, 0.05) is 30.3 Å². The Hall–Kier alpha value is -1.49. The van der Waals surface area contributed by atoms with E-state index in [4.69, 9.17) is 5.73 Å². The van der Waals surface area contributed by atoms with Crippen molar-refractivity contribution in [3.05, 3.63) is 71.3 Å². The first-order valence-electron chi connectivity index (χ1n) is 8.35. The Balaban J connectivity index is 0.00000225. The van der Waals surface area contributed by atoms with Crippen molar-refractivity contribution in [1.82, 2.24) is 4.90 Å². The summed E-state index contributed by atoms with van der Waals surface area (Å²) in [6, 6.07) is 18.4. The van der Waals surface area contributed by atoms with E-state index in [9.17, 15) is 4.79 Å². The summed E-state index contributed by atoms with van der Waals surface area (Å²) in [4.78, 5) is 14.8. The normalized spacial score (nSPS) is 19.5. The van der Waals surface area contributed by atoms with Gasteiger partial charge in [0.1, 0.15) is 0 Å². The average Bonchev–Trinajstić information content (AvgIpc) is 3.07. The minimum atomic E-state index is 0. The van der Waals surface area contributed by atoms with E-state index < -0.39 is 0 Å². The molecule has 2 N–H and O–H groups in total. The van der Waals surface area contributed by atoms with Gasteiger partial charge in [0.15, 0.2) is 0 Å². The lowest BCUT2D eigenvalue weighted by atomic mass is 9.89. The lowest BCUT2D eigenvalue weighted by Gasteiger charge is -2.17. The smallest absolute Gasteiger partial charge is 0.253 e. The van der Waals surface area contributed by atoms with E-state index in [1.54, 1.807) is 11.8 Å². The van der Waals surface area contributed by atoms with Gasteiger partial charge in [0.25, 0.3) is 5.91 Å². The van der Waals surface area contributed by atoms with E-state index in [-0.39, 0.29) is 18.3 Å². The lowest BCUT2D eigenvalue weighted by Crippen LogP contribution is -2.29. The number of nitrogens with two attached hydrogens (primary N) is 1. The van der Waals surface area contributed by atoms with E-state index in [1.807, 2.05) is 23.1 Å². The number of hydrogen-bond acceptors (Lipinski definition) is 3. The van der Waals surface area contributed by atoms with Crippen molar-refractivity contribution < 1.29 is 4.79 Å². The van der Waals surface area contributed by atoms with E-state index in [2.05, 4.69) is 42.7 Å². The molecule has 25 heavy (non-hydrogen) atoms. The second-order valence-electron chi connectivity index (χ2n) is 6.35. The summed E-state index contributed by atoms with van der Waals surface area (Å²) < 4.78 is 0. The topological polar surface area (TPSA) is 46.3 Å². The molecule has 2 aromatic carbocycles. The quantitative estimate of drug-likeness (QED) is 0.863. The minimum absolute atomic E-state index is 0. The second kappa shape index (κ2) is 9.27. The summed E-state index contributed by atoms with van der Waals surface area (Å²) in [6.45, 7) is 2.09. The summed E-state index contributed by atoms with van der Waals surface area (Å²) in [5.74, 6) is 1.74. The second-order valence-corrected chi connectivity index (χ2v) is 7.22. The number of amides is 1. The molecule has 1 saturated heterocycles. The maximum Gasteiger partial charge on any atom is 0.253 e. The standard InChI is InChI=1S/C20H24N2OS.ClH/c1-24-14-15-7-9-17(10-8-15)20(23)22-12-18(11-21)19(13-22)16-5-3-2-4-6-16;/h2-10,18-19H,11-14,21H2,1H3;1H/t18-,19+;/m1./s1. The fourth-order valence-electron chi connectivity index (χ4n) is 3.45. The van der Waals surface area contributed by atoms with Crippen LogP contribution in [0.4, 0.5) is 0 Å². The predicted octanol–water partition coefficient (Wildman–Crippen LogP) is 3.79. The maximum absolute atomic E-state index is 12.8. The molecule has 1 fully saturated rings. The minimum Gasteiger partial charge on any atom is -0.338 e. The van der Waals surface area contributed by atoms with Crippen LogP contribution in [0.15, 0.2) is 54.6 Å². The zero-order valence-electron chi connectivity index (χ0n) is 14.4. The summed E-state index contributed by atoms with van der Waals surface area (Å²) >= 11 is 1.79. The first-order valence-corrected chi connectivity index (χ1v) is 9.74. The summed E-state index contributed by atoms with van der Waals surface area (Å²) in [5.41, 5.74) is 9.27. The SMILES string of the molecule is CSCc1ccc(C(=O)N2C[C@@H](CN)[C@H](c3ccccc3)C2)cc1.Cl. The van der Waals surface area contributed by atoms with Crippen molar-refractivity contribution in [2.75, 3.05) is 25.9 Å². The van der Waals surface area contributed by atoms with Gasteiger partial charge in [0.05, 0.1) is 0 Å². The van der Waals surface area contributed by atoms with Gasteiger partial charge in [-0.15, -0.1) is 12.4 Å². The van der Waals surface area contributed by atoms with Gasteiger partial charge in [-0.2, -0.15) is 11.8 Å². The molecule has 1 heterocycles. The summed E-state index contributed by atoms with van der Waals surface area (Å²) in [5, 5.41) is 0. The van der Waals surface area contributed by atoms with Gasteiger partial charge in [-0.05, 0) is 42.0 Å². The molecule has 1 amide bonds. The third-order valence-corrected chi connectivity index (χ3v) is 5.39. The Bertz CT molecular complexity index is 678. The highest BCUT2D eigenvalue weighted by Crippen LogP contribution is 2.32. The molecule has 3 nitrogen and oxygen atoms in total. The Morgan fingerprint density at radius 1 is 1.12 bits per heavy atom. The molecule has 5 heteroatoms. The highest BCUT2D eigenvalue weighted by molar-refractivity contribution is 7.97. The maximum atomic E-state index is 12.8. The van der Waals surface area contributed by atoms with E-state index >= 15 is 0 Å². The number of likely N-dealkylation sites (tertiary alicyclic amines) is 1. The molecule has 0 aromatic heterocycles. The fraction of sp³-hybridized carbons (Fsp3) is 0.350. The van der Waals surface area contributed by atoms with Crippen molar-refractivity contribution in [3.8, 4) is 0 Å². The largest absolute Gasteiger partial charge is 0.338 e. The number of rotatable bonds is 5. The van der Waals surface area contributed by atoms with Gasteiger partial charge in [-0.25, -0.2) is 0 Å². The van der Waals surface area contributed by atoms with Crippen LogP contribution in [0.25, 0.3) is 0 Å². The zero-order chi connectivity index (χ0) is 16.9. The number of hydrogen-bond donors (Lipinski definition) is 1. The zero-order valence-corrected chi connectivity index (χ0v) is 16.1. The number of benzene rings is 2. The van der Waals surface area contributed by atoms with Crippen molar-refractivity contribution in [1.29, 1.82) is 0 Å². The van der Waals surface area contributed by atoms with E-state index in [0.29, 0.717) is 18.4 Å². The van der Waals surface area contributed by atoms with Crippen molar-refractivity contribution >= 4 is 30.1 Å². The summed E-state index contributed by atoms with van der Waals surface area (Å²) in [7, 11) is 0. The molecule has 134 valence electrons. The molecular weight excluding hydrogens is 352 g/mol. The molecule has 2 atom stereocenters. The van der Waals surface area contributed by atoms with Crippen LogP contribution in [0.2, 0.25) is 0 Å². The predicted molar refractivity (Wildman–Crippen MR) is 109 cm³/mol. The summed E-state index contributed by atoms with van der Waals surface area (Å²) in [6.07, 6.45) is 2.08. The van der Waals surface area contributed by atoms with E-state index in [1.165, 1.54) is 11.1 Å². The molecule has 1 aliphatic heterocycles. The van der Waals surface area contributed by atoms with Crippen LogP contribution >= 0.6 is 24.2 Å². The first-order chi connectivity index (χ1) is 11.7. The first kappa shape index (κ1) is 19.8. The Kier molecular flexibility index (Phi) is 7.36. The number of nitrogens with zero attached hydrogens (tertiary/aromatic N) is 1. The number of halogens is 1. The Morgan fingerprint density at radius 2 is 1.80 bits per heavy atom. The van der Waals surface area contributed by atoms with Crippen molar-refractivity contribution in [2.45, 2.75) is 11.7 Å². The van der Waals surface area contributed by atoms with E-state index in [0.717, 1.165) is 24.4 Å². The molecule has 0 spiro atoms. The van der Waals surface area contributed by atoms with Crippen LogP contribution in [0.5, 0.6) is 0 Å². The molecule has 0 aliphatic carbocycles. The van der Waals surface area contributed by atoms with Gasteiger partial charge < -0.3 is 10.6 Å². The van der Waals surface area contributed by atoms with Gasteiger partial charge >= 0.3 is 0 Å². The van der Waals surface area contributed by atoms with Crippen LogP contribution in [0.1, 0.15) is 27.4 Å². The number of carbonyl (C=O) groups is 1. The fourth-order valence-corrected chi connectivity index (χ4v) is 3.97. The third-order valence-electron chi connectivity index (χ3n) is 4.77. The van der Waals surface area contributed by atoms with Gasteiger partial charge in [0.2, 0.25) is 0 Å². The molecule has 0 unspecified atom stereocenters. The van der Waals surface area contributed by atoms with Crippen LogP contribution in [0.3, 0.4) is 0 Å². The molecule has 3 rings (SSSR count). The molecule has 2 aromatic rings. The Morgan fingerprint density at radius 3 is 2.40 bits per heavy atom. The third kappa shape index (κ3) is 4.57. The Labute approximate surface area is 160 Å². The molecule has 0 saturated carbocycles. The molecule has 1 aliphatic rings. The highest BCUT2D eigenvalue weighted by atomic mass is 35.5. The van der Waals surface area contributed by atoms with Crippen LogP contribution in [-0.4, -0.2) is 36.7 Å². The molecule has 0 bridgehead atoms. The lowest BCUT2D eigenvalue weighted by molar-refractivity contribution is 0.0786. The van der Waals surface area contributed by atoms with Gasteiger partial charge in [-0.1, -0.05) is 42.5 Å². The van der Waals surface area contributed by atoms with Crippen LogP contribution in [0, 0.1) is 5.92 Å². The van der Waals surface area contributed by atoms with Crippen LogP contribution < -0.4 is 5.73 Å². The highest BCUT2D eigenvalue weighted by Gasteiger charge is 2.35.